The second-order valence-corrected chi connectivity index (χ2v) is 8.04. The van der Waals surface area contributed by atoms with Crippen LogP contribution < -0.4 is 10.6 Å². The Balaban J connectivity index is 1.98. The van der Waals surface area contributed by atoms with Gasteiger partial charge in [-0.2, -0.15) is 4.31 Å². The number of rotatable bonds is 6. The lowest BCUT2D eigenvalue weighted by atomic mass is 10.2. The molecule has 0 unspecified atom stereocenters. The number of hydrogen-bond acceptors (Lipinski definition) is 5. The Morgan fingerprint density at radius 2 is 2.09 bits per heavy atom. The Bertz CT molecular complexity index is 628. The van der Waals surface area contributed by atoms with Crippen molar-refractivity contribution in [2.24, 2.45) is 0 Å². The van der Waals surface area contributed by atoms with E-state index in [1.807, 2.05) is 0 Å². The van der Waals surface area contributed by atoms with Crippen molar-refractivity contribution in [2.45, 2.75) is 30.0 Å². The Morgan fingerprint density at radius 3 is 2.73 bits per heavy atom. The third-order valence-corrected chi connectivity index (χ3v) is 6.64. The molecule has 122 valence electrons. The van der Waals surface area contributed by atoms with E-state index in [1.54, 1.807) is 17.5 Å². The molecule has 1 saturated heterocycles. The summed E-state index contributed by atoms with van der Waals surface area (Å²) in [4.78, 5) is 22.9. The maximum Gasteiger partial charge on any atom is 0.253 e. The monoisotopic (exact) mass is 345 g/mol. The van der Waals surface area contributed by atoms with Crippen LogP contribution in [-0.4, -0.2) is 50.2 Å². The summed E-state index contributed by atoms with van der Waals surface area (Å²) in [5, 5.41) is 6.94. The normalized spacial score (nSPS) is 19.0. The first kappa shape index (κ1) is 16.9. The summed E-state index contributed by atoms with van der Waals surface area (Å²) in [5.41, 5.74) is 0. The Hall–Kier alpha value is -1.45. The fourth-order valence-electron chi connectivity index (χ4n) is 2.36. The van der Waals surface area contributed by atoms with Crippen molar-refractivity contribution in [3.63, 3.8) is 0 Å². The van der Waals surface area contributed by atoms with Gasteiger partial charge in [0, 0.05) is 26.6 Å². The van der Waals surface area contributed by atoms with Gasteiger partial charge in [0.25, 0.3) is 10.0 Å². The summed E-state index contributed by atoms with van der Waals surface area (Å²) in [6.45, 7) is 2.35. The molecule has 0 radical (unpaired) electrons. The Labute approximate surface area is 133 Å². The van der Waals surface area contributed by atoms with Crippen LogP contribution in [0.25, 0.3) is 0 Å². The average molecular weight is 345 g/mol. The molecule has 1 fully saturated rings. The van der Waals surface area contributed by atoms with E-state index in [0.717, 1.165) is 11.3 Å². The van der Waals surface area contributed by atoms with Crippen molar-refractivity contribution >= 4 is 33.2 Å². The highest BCUT2D eigenvalue weighted by atomic mass is 32.2. The first-order valence-corrected chi connectivity index (χ1v) is 9.32. The van der Waals surface area contributed by atoms with Gasteiger partial charge in [0.05, 0.1) is 0 Å². The predicted molar refractivity (Wildman–Crippen MR) is 82.9 cm³/mol. The number of nitrogens with one attached hydrogen (secondary N) is 2. The van der Waals surface area contributed by atoms with Gasteiger partial charge in [-0.15, -0.1) is 11.3 Å². The summed E-state index contributed by atoms with van der Waals surface area (Å²) in [6.07, 6.45) is 1.17. The summed E-state index contributed by atoms with van der Waals surface area (Å²) in [5.74, 6) is -0.486. The molecule has 0 aromatic carbocycles. The topological polar surface area (TPSA) is 95.6 Å². The molecule has 0 bridgehead atoms. The van der Waals surface area contributed by atoms with Gasteiger partial charge in [0.15, 0.2) is 0 Å². The van der Waals surface area contributed by atoms with E-state index in [2.05, 4.69) is 10.6 Å². The molecule has 9 heteroatoms. The molecular formula is C13H19N3O4S2. The minimum atomic E-state index is -3.61. The zero-order valence-corrected chi connectivity index (χ0v) is 13.9. The largest absolute Gasteiger partial charge is 0.355 e. The van der Waals surface area contributed by atoms with Crippen LogP contribution in [0.3, 0.4) is 0 Å². The first-order valence-electron chi connectivity index (χ1n) is 7.00. The van der Waals surface area contributed by atoms with Gasteiger partial charge < -0.3 is 10.6 Å². The van der Waals surface area contributed by atoms with Gasteiger partial charge in [-0.3, -0.25) is 9.59 Å². The number of carbonyl (C=O) groups is 2. The molecule has 7 nitrogen and oxygen atoms in total. The number of carbonyl (C=O) groups excluding carboxylic acids is 2. The summed E-state index contributed by atoms with van der Waals surface area (Å²) in [6, 6.07) is 2.55. The predicted octanol–water partition coefficient (Wildman–Crippen LogP) is 0.153. The third kappa shape index (κ3) is 3.84. The second kappa shape index (κ2) is 7.21. The molecule has 1 aliphatic heterocycles. The van der Waals surface area contributed by atoms with Crippen LogP contribution in [0.4, 0.5) is 0 Å². The summed E-state index contributed by atoms with van der Waals surface area (Å²) in [7, 11) is -3.61. The average Bonchev–Trinajstić information content (AvgIpc) is 3.12. The molecule has 1 aromatic heterocycles. The van der Waals surface area contributed by atoms with E-state index >= 15 is 0 Å². The zero-order valence-electron chi connectivity index (χ0n) is 12.2. The highest BCUT2D eigenvalue weighted by Crippen LogP contribution is 2.28. The molecule has 2 amide bonds. The highest BCUT2D eigenvalue weighted by Gasteiger charge is 2.39. The fourth-order valence-corrected chi connectivity index (χ4v) is 5.13. The van der Waals surface area contributed by atoms with Crippen LogP contribution >= 0.6 is 11.3 Å². The smallest absolute Gasteiger partial charge is 0.253 e. The van der Waals surface area contributed by atoms with E-state index in [0.29, 0.717) is 25.9 Å². The van der Waals surface area contributed by atoms with Gasteiger partial charge >= 0.3 is 0 Å². The maximum atomic E-state index is 12.5. The van der Waals surface area contributed by atoms with Crippen molar-refractivity contribution < 1.29 is 18.0 Å². The number of nitrogens with zero attached hydrogens (tertiary/aromatic N) is 1. The third-order valence-electron chi connectivity index (χ3n) is 3.36. The first-order chi connectivity index (χ1) is 10.4. The Kier molecular flexibility index (Phi) is 5.54. The van der Waals surface area contributed by atoms with Crippen molar-refractivity contribution in [3.05, 3.63) is 17.5 Å². The van der Waals surface area contributed by atoms with E-state index in [4.69, 9.17) is 0 Å². The molecule has 2 rings (SSSR count). The summed E-state index contributed by atoms with van der Waals surface area (Å²) >= 11 is 1.15. The lowest BCUT2D eigenvalue weighted by molar-refractivity contribution is -0.124. The number of amides is 2. The van der Waals surface area contributed by atoms with Crippen molar-refractivity contribution in [3.8, 4) is 0 Å². The molecule has 0 aliphatic carbocycles. The molecule has 2 heterocycles. The van der Waals surface area contributed by atoms with E-state index < -0.39 is 16.1 Å². The second-order valence-electron chi connectivity index (χ2n) is 4.98. The molecule has 0 saturated carbocycles. The zero-order chi connectivity index (χ0) is 16.2. The minimum Gasteiger partial charge on any atom is -0.355 e. The van der Waals surface area contributed by atoms with Crippen LogP contribution in [-0.2, 0) is 19.6 Å². The quantitative estimate of drug-likeness (QED) is 0.718. The lowest BCUT2D eigenvalue weighted by Crippen LogP contribution is -2.47. The Morgan fingerprint density at radius 1 is 1.36 bits per heavy atom. The standard InChI is InChI=1S/C13H19N3O4S2/c1-10(17)14-6-7-15-13(18)11-4-2-8-16(11)22(19,20)12-5-3-9-21-12/h3,5,9,11H,2,4,6-8H2,1H3,(H,14,17)(H,15,18)/t11-/m0/s1. The van der Waals surface area contributed by atoms with Gasteiger partial charge in [-0.1, -0.05) is 6.07 Å². The number of hydrogen-bond donors (Lipinski definition) is 2. The van der Waals surface area contributed by atoms with Crippen molar-refractivity contribution in [1.29, 1.82) is 0 Å². The van der Waals surface area contributed by atoms with E-state index in [1.165, 1.54) is 11.2 Å². The van der Waals surface area contributed by atoms with Crippen LogP contribution in [0, 0.1) is 0 Å². The molecule has 22 heavy (non-hydrogen) atoms. The number of sulfonamides is 1. The summed E-state index contributed by atoms with van der Waals surface area (Å²) < 4.78 is 26.6. The van der Waals surface area contributed by atoms with Gasteiger partial charge in [-0.05, 0) is 24.3 Å². The molecule has 2 N–H and O–H groups in total. The number of thiophene rings is 1. The van der Waals surface area contributed by atoms with E-state index in [9.17, 15) is 18.0 Å². The SMILES string of the molecule is CC(=O)NCCNC(=O)[C@@H]1CCCN1S(=O)(=O)c1cccs1. The lowest BCUT2D eigenvalue weighted by Gasteiger charge is -2.22. The minimum absolute atomic E-state index is 0.169. The molecular weight excluding hydrogens is 326 g/mol. The van der Waals surface area contributed by atoms with Crippen LogP contribution in [0.5, 0.6) is 0 Å². The highest BCUT2D eigenvalue weighted by molar-refractivity contribution is 7.91. The van der Waals surface area contributed by atoms with Crippen molar-refractivity contribution in [1.82, 2.24) is 14.9 Å². The molecule has 0 spiro atoms. The maximum absolute atomic E-state index is 12.5. The molecule has 1 aliphatic rings. The molecule has 1 atom stereocenters. The van der Waals surface area contributed by atoms with Gasteiger partial charge in [-0.25, -0.2) is 8.42 Å². The van der Waals surface area contributed by atoms with Gasteiger partial charge in [0.1, 0.15) is 10.3 Å². The van der Waals surface area contributed by atoms with Gasteiger partial charge in [0.2, 0.25) is 11.8 Å². The molecule has 1 aromatic rings. The fraction of sp³-hybridized carbons (Fsp3) is 0.538. The van der Waals surface area contributed by atoms with Crippen LogP contribution in [0.2, 0.25) is 0 Å². The van der Waals surface area contributed by atoms with E-state index in [-0.39, 0.29) is 22.6 Å². The van der Waals surface area contributed by atoms with Crippen LogP contribution in [0.1, 0.15) is 19.8 Å². The van der Waals surface area contributed by atoms with Crippen LogP contribution in [0.15, 0.2) is 21.7 Å². The van der Waals surface area contributed by atoms with Crippen molar-refractivity contribution in [2.75, 3.05) is 19.6 Å².